The Labute approximate surface area is 124 Å². The molecule has 3 nitrogen and oxygen atoms in total. The first-order chi connectivity index (χ1) is 9.72. The summed E-state index contributed by atoms with van der Waals surface area (Å²) in [4.78, 5) is 26.5. The van der Waals surface area contributed by atoms with Crippen LogP contribution in [0.2, 0.25) is 0 Å². The third-order valence-electron chi connectivity index (χ3n) is 3.11. The van der Waals surface area contributed by atoms with Gasteiger partial charge in [-0.25, -0.2) is 0 Å². The molecule has 2 aliphatic rings. The molecule has 0 N–H and O–H groups in total. The number of carbonyl (C=O) groups excluding carboxylic acids is 2. The highest BCUT2D eigenvalue weighted by Gasteiger charge is 2.38. The average Bonchev–Trinajstić information content (AvgIpc) is 2.76. The van der Waals surface area contributed by atoms with Gasteiger partial charge in [-0.1, -0.05) is 43.4 Å². The van der Waals surface area contributed by atoms with Crippen LogP contribution in [0.4, 0.5) is 0 Å². The third-order valence-corrected chi connectivity index (χ3v) is 4.34. The van der Waals surface area contributed by atoms with E-state index in [9.17, 15) is 9.59 Å². The van der Waals surface area contributed by atoms with Crippen molar-refractivity contribution in [2.45, 2.75) is 31.4 Å². The number of allylic oxidation sites excluding steroid dienone is 7. The van der Waals surface area contributed by atoms with E-state index in [-0.39, 0.29) is 17.1 Å². The molecule has 0 saturated carbocycles. The predicted octanol–water partition coefficient (Wildman–Crippen LogP) is 3.21. The SMILES string of the molecule is CCCN1C(=O)CC(SC2=C\C\C=C/C=C\C=C/2)C1=O. The van der Waals surface area contributed by atoms with Gasteiger partial charge in [0.05, 0.1) is 5.25 Å². The highest BCUT2D eigenvalue weighted by atomic mass is 32.2. The van der Waals surface area contributed by atoms with Gasteiger partial charge in [-0.2, -0.15) is 0 Å². The Balaban J connectivity index is 2.04. The van der Waals surface area contributed by atoms with Crippen molar-refractivity contribution in [3.8, 4) is 0 Å². The van der Waals surface area contributed by atoms with Crippen molar-refractivity contribution in [1.29, 1.82) is 0 Å². The second kappa shape index (κ2) is 7.29. The van der Waals surface area contributed by atoms with Crippen LogP contribution in [0.15, 0.2) is 47.4 Å². The molecule has 20 heavy (non-hydrogen) atoms. The number of amides is 2. The van der Waals surface area contributed by atoms with Crippen LogP contribution in [0.3, 0.4) is 0 Å². The monoisotopic (exact) mass is 289 g/mol. The van der Waals surface area contributed by atoms with E-state index in [1.165, 1.54) is 16.7 Å². The summed E-state index contributed by atoms with van der Waals surface area (Å²) in [5.74, 6) is -0.0797. The normalized spacial score (nSPS) is 30.1. The van der Waals surface area contributed by atoms with E-state index in [0.29, 0.717) is 13.0 Å². The van der Waals surface area contributed by atoms with Crippen molar-refractivity contribution >= 4 is 23.6 Å². The Morgan fingerprint density at radius 2 is 2.05 bits per heavy atom. The summed E-state index contributed by atoms with van der Waals surface area (Å²) >= 11 is 1.50. The van der Waals surface area contributed by atoms with Gasteiger partial charge in [0.1, 0.15) is 0 Å². The number of hydrogen-bond acceptors (Lipinski definition) is 3. The van der Waals surface area contributed by atoms with Gasteiger partial charge < -0.3 is 0 Å². The molecule has 1 unspecified atom stereocenters. The number of rotatable bonds is 4. The van der Waals surface area contributed by atoms with E-state index >= 15 is 0 Å². The van der Waals surface area contributed by atoms with Gasteiger partial charge in [0, 0.05) is 17.9 Å². The molecule has 0 aromatic heterocycles. The Morgan fingerprint density at radius 3 is 2.85 bits per heavy atom. The fourth-order valence-corrected chi connectivity index (χ4v) is 3.28. The number of nitrogens with zero attached hydrogens (tertiary/aromatic N) is 1. The first-order valence-electron chi connectivity index (χ1n) is 6.93. The van der Waals surface area contributed by atoms with E-state index in [1.54, 1.807) is 0 Å². The van der Waals surface area contributed by atoms with Gasteiger partial charge in [-0.05, 0) is 18.9 Å². The molecule has 1 saturated heterocycles. The molecule has 1 heterocycles. The molecule has 2 amide bonds. The van der Waals surface area contributed by atoms with E-state index in [2.05, 4.69) is 12.2 Å². The summed E-state index contributed by atoms with van der Waals surface area (Å²) in [6, 6.07) is 0. The largest absolute Gasteiger partial charge is 0.282 e. The molecule has 1 aliphatic heterocycles. The lowest BCUT2D eigenvalue weighted by atomic mass is 10.3. The van der Waals surface area contributed by atoms with Crippen molar-refractivity contribution in [2.75, 3.05) is 6.54 Å². The van der Waals surface area contributed by atoms with E-state index < -0.39 is 0 Å². The smallest absolute Gasteiger partial charge is 0.243 e. The number of carbonyl (C=O) groups is 2. The minimum Gasteiger partial charge on any atom is -0.282 e. The zero-order valence-corrected chi connectivity index (χ0v) is 12.4. The maximum atomic E-state index is 12.2. The van der Waals surface area contributed by atoms with Crippen LogP contribution >= 0.6 is 11.8 Å². The lowest BCUT2D eigenvalue weighted by molar-refractivity contribution is -0.138. The van der Waals surface area contributed by atoms with Gasteiger partial charge in [0.25, 0.3) is 0 Å². The predicted molar refractivity (Wildman–Crippen MR) is 83.1 cm³/mol. The fraction of sp³-hybridized carbons (Fsp3) is 0.375. The molecule has 0 spiro atoms. The average molecular weight is 289 g/mol. The van der Waals surface area contributed by atoms with Crippen molar-refractivity contribution in [1.82, 2.24) is 4.90 Å². The van der Waals surface area contributed by atoms with E-state index in [0.717, 1.165) is 17.7 Å². The van der Waals surface area contributed by atoms with Crippen LogP contribution in [0.1, 0.15) is 26.2 Å². The van der Waals surface area contributed by atoms with Crippen molar-refractivity contribution in [3.05, 3.63) is 47.4 Å². The van der Waals surface area contributed by atoms with Gasteiger partial charge in [-0.3, -0.25) is 14.5 Å². The topological polar surface area (TPSA) is 37.4 Å². The summed E-state index contributed by atoms with van der Waals surface area (Å²) in [6.07, 6.45) is 16.0. The Bertz CT molecular complexity index is 503. The second-order valence-corrected chi connectivity index (χ2v) is 5.98. The lowest BCUT2D eigenvalue weighted by Gasteiger charge is -2.13. The minimum absolute atomic E-state index is 0.0397. The van der Waals surface area contributed by atoms with Crippen LogP contribution in [-0.4, -0.2) is 28.5 Å². The van der Waals surface area contributed by atoms with Crippen molar-refractivity contribution < 1.29 is 9.59 Å². The van der Waals surface area contributed by atoms with Crippen LogP contribution in [0.25, 0.3) is 0 Å². The summed E-state index contributed by atoms with van der Waals surface area (Å²) < 4.78 is 0. The van der Waals surface area contributed by atoms with Crippen LogP contribution in [0.5, 0.6) is 0 Å². The number of imide groups is 1. The molecule has 1 aliphatic carbocycles. The van der Waals surface area contributed by atoms with Crippen LogP contribution in [-0.2, 0) is 9.59 Å². The minimum atomic E-state index is -0.265. The zero-order chi connectivity index (χ0) is 14.4. The molecule has 0 radical (unpaired) electrons. The van der Waals surface area contributed by atoms with Gasteiger partial charge >= 0.3 is 0 Å². The number of thioether (sulfide) groups is 1. The van der Waals surface area contributed by atoms with Crippen LogP contribution in [0, 0.1) is 0 Å². The van der Waals surface area contributed by atoms with Crippen molar-refractivity contribution in [3.63, 3.8) is 0 Å². The fourth-order valence-electron chi connectivity index (χ4n) is 2.14. The second-order valence-electron chi connectivity index (χ2n) is 4.71. The molecule has 1 fully saturated rings. The Morgan fingerprint density at radius 1 is 1.25 bits per heavy atom. The van der Waals surface area contributed by atoms with Crippen LogP contribution < -0.4 is 0 Å². The molecule has 4 heteroatoms. The molecule has 0 aromatic rings. The molecule has 2 rings (SSSR count). The first kappa shape index (κ1) is 14.9. The van der Waals surface area contributed by atoms with Gasteiger partial charge in [-0.15, -0.1) is 11.8 Å². The van der Waals surface area contributed by atoms with E-state index in [1.807, 2.05) is 37.3 Å². The highest BCUT2D eigenvalue weighted by Crippen LogP contribution is 2.32. The van der Waals surface area contributed by atoms with Gasteiger partial charge in [0.2, 0.25) is 11.8 Å². The lowest BCUT2D eigenvalue weighted by Crippen LogP contribution is -2.31. The first-order valence-corrected chi connectivity index (χ1v) is 7.81. The maximum Gasteiger partial charge on any atom is 0.243 e. The molecule has 0 aromatic carbocycles. The zero-order valence-electron chi connectivity index (χ0n) is 11.6. The standard InChI is InChI=1S/C16H19NO2S/c1-2-11-17-15(18)12-14(16(17)19)20-13-9-7-5-3-4-6-8-10-13/h3-7,9-10,14H,2,8,11-12H2,1H3/b5-3-,6-4-,9-7-,13-10+. The number of hydrogen-bond donors (Lipinski definition) is 0. The Kier molecular flexibility index (Phi) is 5.41. The summed E-state index contributed by atoms with van der Waals surface area (Å²) in [5.41, 5.74) is 0. The summed E-state index contributed by atoms with van der Waals surface area (Å²) in [7, 11) is 0. The molecule has 1 atom stereocenters. The quantitative estimate of drug-likeness (QED) is 0.746. The molecule has 106 valence electrons. The third kappa shape index (κ3) is 3.73. The molecular weight excluding hydrogens is 270 g/mol. The van der Waals surface area contributed by atoms with Crippen molar-refractivity contribution in [2.24, 2.45) is 0 Å². The summed E-state index contributed by atoms with van der Waals surface area (Å²) in [5, 5.41) is -0.265. The summed E-state index contributed by atoms with van der Waals surface area (Å²) in [6.45, 7) is 2.51. The Hall–Kier alpha value is -1.55. The maximum absolute atomic E-state index is 12.2. The van der Waals surface area contributed by atoms with Gasteiger partial charge in [0.15, 0.2) is 0 Å². The molecular formula is C16H19NO2S. The highest BCUT2D eigenvalue weighted by molar-refractivity contribution is 8.04. The van der Waals surface area contributed by atoms with E-state index in [4.69, 9.17) is 0 Å². The number of likely N-dealkylation sites (tertiary alicyclic amines) is 1. The molecule has 0 bridgehead atoms.